The summed E-state index contributed by atoms with van der Waals surface area (Å²) in [5, 5.41) is 11.5. The topological polar surface area (TPSA) is 27.6 Å². The van der Waals surface area contributed by atoms with Crippen LogP contribution in [0.3, 0.4) is 0 Å². The maximum Gasteiger partial charge on any atom is 0.190 e. The van der Waals surface area contributed by atoms with Gasteiger partial charge in [-0.2, -0.15) is 5.10 Å². The molecule has 26 heavy (non-hydrogen) atoms. The zero-order valence-corrected chi connectivity index (χ0v) is 15.9. The first kappa shape index (κ1) is 17.3. The van der Waals surface area contributed by atoms with Crippen LogP contribution in [0.5, 0.6) is 0 Å². The predicted octanol–water partition coefficient (Wildman–Crippen LogP) is 4.72. The second kappa shape index (κ2) is 7.22. The number of hydrogen-bond donors (Lipinski definition) is 1. The van der Waals surface area contributed by atoms with Gasteiger partial charge in [-0.15, -0.1) is 6.58 Å². The molecule has 0 radical (unpaired) electrons. The van der Waals surface area contributed by atoms with Crippen molar-refractivity contribution in [3.63, 3.8) is 0 Å². The lowest BCUT2D eigenvalue weighted by molar-refractivity contribution is 0.304. The predicted molar refractivity (Wildman–Crippen MR) is 112 cm³/mol. The van der Waals surface area contributed by atoms with Crippen molar-refractivity contribution in [3.05, 3.63) is 82.9 Å². The van der Waals surface area contributed by atoms with E-state index in [1.165, 1.54) is 11.1 Å². The third-order valence-corrected chi connectivity index (χ3v) is 5.73. The smallest absolute Gasteiger partial charge is 0.190 e. The molecule has 0 amide bonds. The van der Waals surface area contributed by atoms with Crippen LogP contribution in [0.2, 0.25) is 5.02 Å². The van der Waals surface area contributed by atoms with Crippen molar-refractivity contribution in [2.75, 3.05) is 6.54 Å². The quantitative estimate of drug-likeness (QED) is 0.615. The molecule has 1 aliphatic heterocycles. The number of nitrogens with one attached hydrogen (secondary N) is 1. The van der Waals surface area contributed by atoms with E-state index < -0.39 is 0 Å². The molecule has 2 aromatic rings. The van der Waals surface area contributed by atoms with E-state index in [1.54, 1.807) is 6.08 Å². The minimum Gasteiger partial charge on any atom is -0.358 e. The molecule has 0 saturated heterocycles. The number of aryl methyl sites for hydroxylation is 1. The normalized spacial score (nSPS) is 20.8. The summed E-state index contributed by atoms with van der Waals surface area (Å²) in [6.45, 7) is 4.36. The number of fused-ring (bicyclic) bond motifs is 3. The van der Waals surface area contributed by atoms with Crippen LogP contribution in [-0.4, -0.2) is 22.4 Å². The summed E-state index contributed by atoms with van der Waals surface area (Å²) in [6.07, 6.45) is 3.87. The lowest BCUT2D eigenvalue weighted by atomic mass is 9.77. The largest absolute Gasteiger partial charge is 0.358 e. The SMILES string of the molecule is C=CCNC(=S)N1N=C2c3ccccc3CCC2C1c1ccccc1Cl. The lowest BCUT2D eigenvalue weighted by Gasteiger charge is -2.31. The summed E-state index contributed by atoms with van der Waals surface area (Å²) < 4.78 is 0. The van der Waals surface area contributed by atoms with Gasteiger partial charge in [0.1, 0.15) is 0 Å². The van der Waals surface area contributed by atoms with Gasteiger partial charge in [0.05, 0.1) is 11.8 Å². The Morgan fingerprint density at radius 2 is 2.04 bits per heavy atom. The van der Waals surface area contributed by atoms with Crippen molar-refractivity contribution < 1.29 is 0 Å². The van der Waals surface area contributed by atoms with Gasteiger partial charge in [0, 0.05) is 23.0 Å². The zero-order chi connectivity index (χ0) is 18.1. The summed E-state index contributed by atoms with van der Waals surface area (Å²) in [7, 11) is 0. The van der Waals surface area contributed by atoms with Crippen molar-refractivity contribution in [2.24, 2.45) is 11.0 Å². The fourth-order valence-corrected chi connectivity index (χ4v) is 4.38. The summed E-state index contributed by atoms with van der Waals surface area (Å²) in [5.41, 5.74) is 4.77. The highest BCUT2D eigenvalue weighted by atomic mass is 35.5. The Balaban J connectivity index is 1.79. The van der Waals surface area contributed by atoms with E-state index in [0.717, 1.165) is 29.1 Å². The number of halogens is 1. The van der Waals surface area contributed by atoms with Gasteiger partial charge in [-0.05, 0) is 42.3 Å². The van der Waals surface area contributed by atoms with Crippen LogP contribution in [0.15, 0.2) is 66.3 Å². The summed E-state index contributed by atoms with van der Waals surface area (Å²) in [6, 6.07) is 16.5. The monoisotopic (exact) mass is 381 g/mol. The van der Waals surface area contributed by atoms with E-state index >= 15 is 0 Å². The molecule has 0 fully saturated rings. The van der Waals surface area contributed by atoms with E-state index in [0.29, 0.717) is 11.7 Å². The fourth-order valence-electron chi connectivity index (χ4n) is 3.90. The van der Waals surface area contributed by atoms with Gasteiger partial charge >= 0.3 is 0 Å². The number of benzene rings is 2. The van der Waals surface area contributed by atoms with Crippen LogP contribution in [0, 0.1) is 5.92 Å². The molecular weight excluding hydrogens is 362 g/mol. The fraction of sp³-hybridized carbons (Fsp3) is 0.238. The van der Waals surface area contributed by atoms with Crippen LogP contribution >= 0.6 is 23.8 Å². The van der Waals surface area contributed by atoms with Crippen molar-refractivity contribution in [3.8, 4) is 0 Å². The lowest BCUT2D eigenvalue weighted by Crippen LogP contribution is -2.38. The highest BCUT2D eigenvalue weighted by Gasteiger charge is 2.43. The molecule has 0 saturated carbocycles. The minimum atomic E-state index is 0.0110. The molecule has 0 aromatic heterocycles. The van der Waals surface area contributed by atoms with Gasteiger partial charge in [0.25, 0.3) is 0 Å². The van der Waals surface area contributed by atoms with Gasteiger partial charge in [0.2, 0.25) is 0 Å². The molecule has 1 heterocycles. The molecule has 2 unspecified atom stereocenters. The minimum absolute atomic E-state index is 0.0110. The maximum atomic E-state index is 6.55. The highest BCUT2D eigenvalue weighted by molar-refractivity contribution is 7.80. The van der Waals surface area contributed by atoms with E-state index in [-0.39, 0.29) is 12.0 Å². The Labute approximate surface area is 164 Å². The third kappa shape index (κ3) is 2.93. The third-order valence-electron chi connectivity index (χ3n) is 5.06. The van der Waals surface area contributed by atoms with Crippen LogP contribution in [0.1, 0.15) is 29.2 Å². The van der Waals surface area contributed by atoms with E-state index in [2.05, 4.69) is 42.2 Å². The van der Waals surface area contributed by atoms with E-state index in [9.17, 15) is 0 Å². The molecule has 5 heteroatoms. The molecule has 2 aliphatic rings. The van der Waals surface area contributed by atoms with Gasteiger partial charge < -0.3 is 5.32 Å². The number of hydrogen-bond acceptors (Lipinski definition) is 2. The molecule has 0 bridgehead atoms. The Kier molecular flexibility index (Phi) is 4.79. The Bertz CT molecular complexity index is 892. The highest BCUT2D eigenvalue weighted by Crippen LogP contribution is 2.45. The zero-order valence-electron chi connectivity index (χ0n) is 14.4. The second-order valence-corrected chi connectivity index (χ2v) is 7.37. The van der Waals surface area contributed by atoms with Crippen LogP contribution in [0.4, 0.5) is 0 Å². The maximum absolute atomic E-state index is 6.55. The molecule has 2 aromatic carbocycles. The van der Waals surface area contributed by atoms with Crippen molar-refractivity contribution in [1.29, 1.82) is 0 Å². The first-order chi connectivity index (χ1) is 12.7. The number of thiocarbonyl (C=S) groups is 1. The Hall–Kier alpha value is -2.17. The van der Waals surface area contributed by atoms with Gasteiger partial charge in [0.15, 0.2) is 5.11 Å². The van der Waals surface area contributed by atoms with Crippen molar-refractivity contribution in [1.82, 2.24) is 10.3 Å². The second-order valence-electron chi connectivity index (χ2n) is 6.57. The summed E-state index contributed by atoms with van der Waals surface area (Å²) in [5.74, 6) is 0.272. The number of nitrogens with zero attached hydrogens (tertiary/aromatic N) is 2. The first-order valence-electron chi connectivity index (χ1n) is 8.80. The molecular formula is C21H20ClN3S. The Morgan fingerprint density at radius 1 is 1.27 bits per heavy atom. The summed E-state index contributed by atoms with van der Waals surface area (Å²) in [4.78, 5) is 0. The molecule has 4 rings (SSSR count). The van der Waals surface area contributed by atoms with Crippen LogP contribution < -0.4 is 5.32 Å². The van der Waals surface area contributed by atoms with Crippen molar-refractivity contribution >= 4 is 34.6 Å². The first-order valence-corrected chi connectivity index (χ1v) is 9.58. The number of rotatable bonds is 3. The molecule has 132 valence electrons. The molecule has 3 nitrogen and oxygen atoms in total. The number of hydrazone groups is 1. The molecule has 1 N–H and O–H groups in total. The Morgan fingerprint density at radius 3 is 2.85 bits per heavy atom. The van der Waals surface area contributed by atoms with Crippen LogP contribution in [-0.2, 0) is 6.42 Å². The molecule has 0 spiro atoms. The molecule has 2 atom stereocenters. The van der Waals surface area contributed by atoms with E-state index in [1.807, 2.05) is 23.2 Å². The van der Waals surface area contributed by atoms with Gasteiger partial charge in [-0.3, -0.25) is 0 Å². The van der Waals surface area contributed by atoms with Crippen LogP contribution in [0.25, 0.3) is 0 Å². The van der Waals surface area contributed by atoms with Gasteiger partial charge in [-0.25, -0.2) is 5.01 Å². The standard InChI is InChI=1S/C21H20ClN3S/c1-2-13-23-21(26)25-20(16-9-5-6-10-18(16)22)17-12-11-14-7-3-4-8-15(14)19(17)24-25/h2-10,17,20H,1,11-13H2,(H,23,26). The van der Waals surface area contributed by atoms with Crippen molar-refractivity contribution in [2.45, 2.75) is 18.9 Å². The van der Waals surface area contributed by atoms with E-state index in [4.69, 9.17) is 28.9 Å². The average Bonchev–Trinajstić information content (AvgIpc) is 3.06. The summed E-state index contributed by atoms with van der Waals surface area (Å²) >= 11 is 12.2. The molecule has 1 aliphatic carbocycles. The van der Waals surface area contributed by atoms with Gasteiger partial charge in [-0.1, -0.05) is 60.1 Å². The average molecular weight is 382 g/mol.